The molecule has 2 rings (SSSR count). The first kappa shape index (κ1) is 28.3. The summed E-state index contributed by atoms with van der Waals surface area (Å²) < 4.78 is 37.1. The van der Waals surface area contributed by atoms with Gasteiger partial charge in [-0.25, -0.2) is 4.79 Å². The monoisotopic (exact) mass is 505 g/mol. The van der Waals surface area contributed by atoms with Gasteiger partial charge in [0.05, 0.1) is 13.7 Å². The Hall–Kier alpha value is -2.94. The Morgan fingerprint density at radius 3 is 2.14 bits per heavy atom. The highest BCUT2D eigenvalue weighted by Gasteiger charge is 2.23. The van der Waals surface area contributed by atoms with Gasteiger partial charge in [0.15, 0.2) is 0 Å². The highest BCUT2D eigenvalue weighted by Crippen LogP contribution is 2.30. The second-order valence-electron chi connectivity index (χ2n) is 9.06. The number of nitrogens with one attached hydrogen (secondary N) is 1. The van der Waals surface area contributed by atoms with Gasteiger partial charge in [0, 0.05) is 43.0 Å². The van der Waals surface area contributed by atoms with Crippen molar-refractivity contribution in [3.8, 4) is 11.5 Å². The van der Waals surface area contributed by atoms with E-state index in [0.717, 1.165) is 18.8 Å². The second kappa shape index (κ2) is 12.7. The molecule has 35 heavy (non-hydrogen) atoms. The zero-order valence-corrected chi connectivity index (χ0v) is 22.7. The van der Waals surface area contributed by atoms with E-state index in [4.69, 9.17) is 8.92 Å². The topological polar surface area (TPSA) is 88.2 Å². The molecule has 9 heteroatoms. The molecule has 0 unspecified atom stereocenters. The van der Waals surface area contributed by atoms with Crippen molar-refractivity contribution in [3.05, 3.63) is 48.0 Å². The molecule has 0 aliphatic rings. The van der Waals surface area contributed by atoms with Crippen LogP contribution in [0.4, 0.5) is 10.5 Å². The first-order valence-corrected chi connectivity index (χ1v) is 13.4. The van der Waals surface area contributed by atoms with Gasteiger partial charge in [0.1, 0.15) is 16.4 Å². The number of ether oxygens (including phenoxy) is 1. The van der Waals surface area contributed by atoms with E-state index in [1.165, 1.54) is 19.2 Å². The van der Waals surface area contributed by atoms with Crippen LogP contribution in [0.5, 0.6) is 11.5 Å². The molecular formula is C26H39N3O5S. The third-order valence-corrected chi connectivity index (χ3v) is 6.62. The number of hydrogen-bond acceptors (Lipinski definition) is 6. The molecule has 194 valence electrons. The van der Waals surface area contributed by atoms with Gasteiger partial charge in [-0.2, -0.15) is 8.42 Å². The summed E-state index contributed by atoms with van der Waals surface area (Å²) in [4.78, 5) is 16.7. The molecular weight excluding hydrogens is 466 g/mol. The van der Waals surface area contributed by atoms with Crippen molar-refractivity contribution >= 4 is 21.8 Å². The van der Waals surface area contributed by atoms with Crippen molar-refractivity contribution in [2.45, 2.75) is 59.0 Å². The number of rotatable bonds is 12. The summed E-state index contributed by atoms with van der Waals surface area (Å²) in [7, 11) is -2.59. The van der Waals surface area contributed by atoms with E-state index < -0.39 is 10.1 Å². The Balaban J connectivity index is 2.49. The Morgan fingerprint density at radius 2 is 1.63 bits per heavy atom. The number of anilines is 1. The molecule has 2 aromatic rings. The number of carbonyl (C=O) groups excluding carboxylic acids is 1. The standard InChI is InChI=1S/C26H39N3O5S/c1-8-28(9-2)22-11-10-21(18-29(17-19(3)4)26(30)27-20(5)6)25(16-22)34-35(31,32)24-14-12-23(33-7)13-15-24/h10-16,19-20H,8-9,17-18H2,1-7H3,(H,27,30). The number of carbonyl (C=O) groups is 1. The van der Waals surface area contributed by atoms with Crippen LogP contribution in [-0.4, -0.2) is 52.1 Å². The van der Waals surface area contributed by atoms with E-state index in [1.54, 1.807) is 23.1 Å². The first-order chi connectivity index (χ1) is 16.5. The van der Waals surface area contributed by atoms with Crippen LogP contribution in [0.25, 0.3) is 0 Å². The van der Waals surface area contributed by atoms with Gasteiger partial charge in [-0.3, -0.25) is 0 Å². The summed E-state index contributed by atoms with van der Waals surface area (Å²) in [5.74, 6) is 0.986. The summed E-state index contributed by atoms with van der Waals surface area (Å²) in [6, 6.07) is 11.3. The van der Waals surface area contributed by atoms with Crippen LogP contribution in [0.2, 0.25) is 0 Å². The average molecular weight is 506 g/mol. The lowest BCUT2D eigenvalue weighted by Crippen LogP contribution is -2.44. The Labute approximate surface area is 210 Å². The van der Waals surface area contributed by atoms with Crippen molar-refractivity contribution in [3.63, 3.8) is 0 Å². The molecule has 0 radical (unpaired) electrons. The number of amides is 2. The average Bonchev–Trinajstić information content (AvgIpc) is 2.80. The second-order valence-corrected chi connectivity index (χ2v) is 10.6. The molecule has 0 bridgehead atoms. The Kier molecular flexibility index (Phi) is 10.2. The van der Waals surface area contributed by atoms with E-state index in [2.05, 4.69) is 10.2 Å². The van der Waals surface area contributed by atoms with Crippen LogP contribution >= 0.6 is 0 Å². The third-order valence-electron chi connectivity index (χ3n) is 5.37. The number of benzene rings is 2. The van der Waals surface area contributed by atoms with E-state index in [0.29, 0.717) is 17.9 Å². The van der Waals surface area contributed by atoms with Crippen molar-refractivity contribution < 1.29 is 22.1 Å². The van der Waals surface area contributed by atoms with Gasteiger partial charge >= 0.3 is 16.1 Å². The fourth-order valence-corrected chi connectivity index (χ4v) is 4.61. The van der Waals surface area contributed by atoms with Crippen molar-refractivity contribution in [2.24, 2.45) is 5.92 Å². The van der Waals surface area contributed by atoms with Crippen molar-refractivity contribution in [1.29, 1.82) is 0 Å². The number of hydrogen-bond donors (Lipinski definition) is 1. The van der Waals surface area contributed by atoms with E-state index in [9.17, 15) is 13.2 Å². The van der Waals surface area contributed by atoms with Gasteiger partial charge < -0.3 is 24.0 Å². The minimum atomic E-state index is -4.11. The van der Waals surface area contributed by atoms with Crippen LogP contribution < -0.4 is 19.1 Å². The zero-order valence-electron chi connectivity index (χ0n) is 21.9. The lowest BCUT2D eigenvalue weighted by molar-refractivity contribution is 0.185. The van der Waals surface area contributed by atoms with Gasteiger partial charge in [-0.1, -0.05) is 19.9 Å². The molecule has 2 amide bonds. The maximum absolute atomic E-state index is 13.1. The molecule has 0 aromatic heterocycles. The highest BCUT2D eigenvalue weighted by atomic mass is 32.2. The maximum atomic E-state index is 13.1. The minimum Gasteiger partial charge on any atom is -0.497 e. The fraction of sp³-hybridized carbons (Fsp3) is 0.500. The predicted octanol–water partition coefficient (Wildman–Crippen LogP) is 4.89. The third kappa shape index (κ3) is 8.06. The summed E-state index contributed by atoms with van der Waals surface area (Å²) in [6.07, 6.45) is 0. The predicted molar refractivity (Wildman–Crippen MR) is 140 cm³/mol. The van der Waals surface area contributed by atoms with Crippen LogP contribution in [0, 0.1) is 5.92 Å². The number of nitrogens with zero attached hydrogens (tertiary/aromatic N) is 2. The largest absolute Gasteiger partial charge is 0.497 e. The molecule has 0 heterocycles. The lowest BCUT2D eigenvalue weighted by atomic mass is 10.1. The molecule has 0 fully saturated rings. The molecule has 0 aliphatic heterocycles. The van der Waals surface area contributed by atoms with Crippen LogP contribution in [0.15, 0.2) is 47.4 Å². The summed E-state index contributed by atoms with van der Waals surface area (Å²) >= 11 is 0. The quantitative estimate of drug-likeness (QED) is 0.414. The lowest BCUT2D eigenvalue weighted by Gasteiger charge is -2.28. The molecule has 1 N–H and O–H groups in total. The van der Waals surface area contributed by atoms with Gasteiger partial charge in [-0.05, 0) is 63.9 Å². The van der Waals surface area contributed by atoms with Gasteiger partial charge in [0.2, 0.25) is 0 Å². The SMILES string of the molecule is CCN(CC)c1ccc(CN(CC(C)C)C(=O)NC(C)C)c(OS(=O)(=O)c2ccc(OC)cc2)c1. The van der Waals surface area contributed by atoms with Crippen LogP contribution in [0.1, 0.15) is 47.1 Å². The van der Waals surface area contributed by atoms with Gasteiger partial charge in [-0.15, -0.1) is 0 Å². The van der Waals surface area contributed by atoms with E-state index in [1.807, 2.05) is 53.7 Å². The maximum Gasteiger partial charge on any atom is 0.339 e. The molecule has 0 spiro atoms. The smallest absolute Gasteiger partial charge is 0.339 e. The summed E-state index contributed by atoms with van der Waals surface area (Å²) in [5.41, 5.74) is 1.46. The van der Waals surface area contributed by atoms with E-state index >= 15 is 0 Å². The molecule has 0 aliphatic carbocycles. The molecule has 8 nitrogen and oxygen atoms in total. The van der Waals surface area contributed by atoms with E-state index in [-0.39, 0.29) is 35.2 Å². The Bertz CT molecular complexity index is 1060. The fourth-order valence-electron chi connectivity index (χ4n) is 3.65. The minimum absolute atomic E-state index is 0.0200. The zero-order chi connectivity index (χ0) is 26.2. The number of urea groups is 1. The number of methoxy groups -OCH3 is 1. The molecule has 2 aromatic carbocycles. The highest BCUT2D eigenvalue weighted by molar-refractivity contribution is 7.87. The molecule has 0 saturated carbocycles. The molecule has 0 saturated heterocycles. The first-order valence-electron chi connectivity index (χ1n) is 12.0. The van der Waals surface area contributed by atoms with Crippen LogP contribution in [0.3, 0.4) is 0 Å². The normalized spacial score (nSPS) is 11.5. The Morgan fingerprint density at radius 1 is 1.00 bits per heavy atom. The molecule has 0 atom stereocenters. The van der Waals surface area contributed by atoms with Crippen molar-refractivity contribution in [1.82, 2.24) is 10.2 Å². The van der Waals surface area contributed by atoms with Gasteiger partial charge in [0.25, 0.3) is 0 Å². The summed E-state index contributed by atoms with van der Waals surface area (Å²) in [6.45, 7) is 14.2. The van der Waals surface area contributed by atoms with Crippen molar-refractivity contribution in [2.75, 3.05) is 31.6 Å². The van der Waals surface area contributed by atoms with Crippen LogP contribution in [-0.2, 0) is 16.7 Å². The summed E-state index contributed by atoms with van der Waals surface area (Å²) in [5, 5.41) is 2.93.